The number of aromatic nitrogens is 2. The summed E-state index contributed by atoms with van der Waals surface area (Å²) in [5, 5.41) is 0. The van der Waals surface area contributed by atoms with E-state index in [2.05, 4.69) is 20.9 Å². The molecular formula is C17H19N3O. The van der Waals surface area contributed by atoms with Crippen LogP contribution in [0.2, 0.25) is 0 Å². The number of hydrogen-bond acceptors (Lipinski definition) is 3. The third kappa shape index (κ3) is 2.84. The highest BCUT2D eigenvalue weighted by molar-refractivity contribution is 5.77. The number of ether oxygens (including phenoxy) is 1. The van der Waals surface area contributed by atoms with E-state index >= 15 is 0 Å². The minimum Gasteiger partial charge on any atom is -0.496 e. The van der Waals surface area contributed by atoms with E-state index in [0.29, 0.717) is 0 Å². The molecule has 4 heteroatoms. The van der Waals surface area contributed by atoms with E-state index in [-0.39, 0.29) is 0 Å². The molecule has 0 spiro atoms. The van der Waals surface area contributed by atoms with Crippen molar-refractivity contribution in [1.82, 2.24) is 9.97 Å². The number of anilines is 1. The van der Waals surface area contributed by atoms with Crippen molar-refractivity contribution in [1.29, 1.82) is 0 Å². The number of fused-ring (bicyclic) bond motifs is 1. The standard InChI is InChI=1S/C17H19N3O/c1-20(12-11-13-7-3-6-10-16(13)21-2)17-18-14-8-4-5-9-15(14)19-17/h3-10H,11-12H2,1-2H3,(H,18,19). The van der Waals surface area contributed by atoms with E-state index in [1.165, 1.54) is 5.56 Å². The molecule has 108 valence electrons. The van der Waals surface area contributed by atoms with Crippen LogP contribution in [0, 0.1) is 0 Å². The minimum atomic E-state index is 0.875. The monoisotopic (exact) mass is 281 g/mol. The number of benzene rings is 2. The molecule has 21 heavy (non-hydrogen) atoms. The van der Waals surface area contributed by atoms with Crippen molar-refractivity contribution < 1.29 is 4.74 Å². The molecule has 0 amide bonds. The first-order valence-corrected chi connectivity index (χ1v) is 7.05. The maximum Gasteiger partial charge on any atom is 0.203 e. The Hall–Kier alpha value is -2.49. The van der Waals surface area contributed by atoms with Gasteiger partial charge < -0.3 is 14.6 Å². The van der Waals surface area contributed by atoms with Crippen molar-refractivity contribution >= 4 is 17.0 Å². The summed E-state index contributed by atoms with van der Waals surface area (Å²) in [6.07, 6.45) is 0.914. The van der Waals surface area contributed by atoms with Gasteiger partial charge in [-0.2, -0.15) is 0 Å². The van der Waals surface area contributed by atoms with Gasteiger partial charge in [0.05, 0.1) is 18.1 Å². The summed E-state index contributed by atoms with van der Waals surface area (Å²) in [7, 11) is 3.76. The second kappa shape index (κ2) is 5.87. The van der Waals surface area contributed by atoms with Gasteiger partial charge in [0, 0.05) is 13.6 Å². The summed E-state index contributed by atoms with van der Waals surface area (Å²) in [6.45, 7) is 0.875. The molecule has 0 saturated carbocycles. The maximum absolute atomic E-state index is 5.39. The second-order valence-corrected chi connectivity index (χ2v) is 5.06. The summed E-state index contributed by atoms with van der Waals surface area (Å²) in [4.78, 5) is 10.1. The van der Waals surface area contributed by atoms with Gasteiger partial charge in [-0.05, 0) is 30.2 Å². The van der Waals surface area contributed by atoms with Crippen molar-refractivity contribution in [3.05, 3.63) is 54.1 Å². The van der Waals surface area contributed by atoms with Gasteiger partial charge in [0.2, 0.25) is 5.95 Å². The number of rotatable bonds is 5. The summed E-state index contributed by atoms with van der Waals surface area (Å²) >= 11 is 0. The Morgan fingerprint density at radius 2 is 1.86 bits per heavy atom. The number of nitrogens with zero attached hydrogens (tertiary/aromatic N) is 2. The smallest absolute Gasteiger partial charge is 0.203 e. The van der Waals surface area contributed by atoms with Crippen LogP contribution in [0.5, 0.6) is 5.75 Å². The SMILES string of the molecule is COc1ccccc1CCN(C)c1nc2ccccc2[nH]1. The quantitative estimate of drug-likeness (QED) is 0.780. The van der Waals surface area contributed by atoms with Crippen molar-refractivity contribution in [2.45, 2.75) is 6.42 Å². The predicted octanol–water partition coefficient (Wildman–Crippen LogP) is 3.25. The lowest BCUT2D eigenvalue weighted by molar-refractivity contribution is 0.409. The summed E-state index contributed by atoms with van der Waals surface area (Å²) < 4.78 is 5.39. The third-order valence-corrected chi connectivity index (χ3v) is 3.65. The molecule has 4 nitrogen and oxygen atoms in total. The molecule has 0 unspecified atom stereocenters. The fourth-order valence-corrected chi connectivity index (χ4v) is 2.42. The Bertz CT molecular complexity index is 702. The molecule has 3 aromatic rings. The number of likely N-dealkylation sites (N-methyl/N-ethyl adjacent to an activating group) is 1. The number of aromatic amines is 1. The molecule has 1 heterocycles. The Morgan fingerprint density at radius 1 is 1.10 bits per heavy atom. The molecule has 0 saturated heterocycles. The average molecular weight is 281 g/mol. The molecule has 0 fully saturated rings. The summed E-state index contributed by atoms with van der Waals surface area (Å²) in [5.74, 6) is 1.83. The van der Waals surface area contributed by atoms with Gasteiger partial charge in [0.1, 0.15) is 5.75 Å². The first-order chi connectivity index (χ1) is 10.3. The number of para-hydroxylation sites is 3. The average Bonchev–Trinajstić information content (AvgIpc) is 2.97. The normalized spacial score (nSPS) is 10.8. The zero-order chi connectivity index (χ0) is 14.7. The number of H-pyrrole nitrogens is 1. The highest BCUT2D eigenvalue weighted by Crippen LogP contribution is 2.20. The van der Waals surface area contributed by atoms with Crippen molar-refractivity contribution in [3.63, 3.8) is 0 Å². The second-order valence-electron chi connectivity index (χ2n) is 5.06. The Balaban J connectivity index is 1.72. The van der Waals surface area contributed by atoms with Crippen molar-refractivity contribution in [2.75, 3.05) is 25.6 Å². The van der Waals surface area contributed by atoms with E-state index in [0.717, 1.165) is 35.7 Å². The van der Waals surface area contributed by atoms with Crippen LogP contribution in [0.15, 0.2) is 48.5 Å². The molecule has 0 aliphatic heterocycles. The molecule has 0 aliphatic carbocycles. The van der Waals surface area contributed by atoms with Crippen LogP contribution < -0.4 is 9.64 Å². The summed E-state index contributed by atoms with van der Waals surface area (Å²) in [6, 6.07) is 16.2. The molecule has 0 aliphatic rings. The van der Waals surface area contributed by atoms with Crippen LogP contribution in [-0.2, 0) is 6.42 Å². The molecule has 3 rings (SSSR count). The van der Waals surface area contributed by atoms with Gasteiger partial charge in [-0.3, -0.25) is 0 Å². The third-order valence-electron chi connectivity index (χ3n) is 3.65. The van der Waals surface area contributed by atoms with Crippen LogP contribution in [0.4, 0.5) is 5.95 Å². The lowest BCUT2D eigenvalue weighted by Gasteiger charge is -2.16. The molecule has 0 atom stereocenters. The van der Waals surface area contributed by atoms with Crippen molar-refractivity contribution in [3.8, 4) is 5.75 Å². The number of hydrogen-bond donors (Lipinski definition) is 1. The zero-order valence-corrected chi connectivity index (χ0v) is 12.3. The van der Waals surface area contributed by atoms with Crippen LogP contribution >= 0.6 is 0 Å². The van der Waals surface area contributed by atoms with E-state index in [1.807, 2.05) is 49.5 Å². The van der Waals surface area contributed by atoms with Gasteiger partial charge in [-0.15, -0.1) is 0 Å². The van der Waals surface area contributed by atoms with E-state index in [9.17, 15) is 0 Å². The van der Waals surface area contributed by atoms with E-state index in [1.54, 1.807) is 7.11 Å². The number of nitrogens with one attached hydrogen (secondary N) is 1. The fraction of sp³-hybridized carbons (Fsp3) is 0.235. The minimum absolute atomic E-state index is 0.875. The van der Waals surface area contributed by atoms with Gasteiger partial charge in [-0.1, -0.05) is 30.3 Å². The lowest BCUT2D eigenvalue weighted by atomic mass is 10.1. The Kier molecular flexibility index (Phi) is 3.77. The van der Waals surface area contributed by atoms with Crippen LogP contribution in [0.1, 0.15) is 5.56 Å². The van der Waals surface area contributed by atoms with Crippen molar-refractivity contribution in [2.24, 2.45) is 0 Å². The molecular weight excluding hydrogens is 262 g/mol. The van der Waals surface area contributed by atoms with Gasteiger partial charge in [0.15, 0.2) is 0 Å². The largest absolute Gasteiger partial charge is 0.496 e. The number of methoxy groups -OCH3 is 1. The first-order valence-electron chi connectivity index (χ1n) is 7.05. The van der Waals surface area contributed by atoms with E-state index in [4.69, 9.17) is 4.74 Å². The number of imidazole rings is 1. The first kappa shape index (κ1) is 13.5. The highest BCUT2D eigenvalue weighted by Gasteiger charge is 2.08. The molecule has 2 aromatic carbocycles. The maximum atomic E-state index is 5.39. The molecule has 0 radical (unpaired) electrons. The Morgan fingerprint density at radius 3 is 2.67 bits per heavy atom. The molecule has 1 N–H and O–H groups in total. The zero-order valence-electron chi connectivity index (χ0n) is 12.3. The van der Waals surface area contributed by atoms with Crippen LogP contribution in [0.3, 0.4) is 0 Å². The lowest BCUT2D eigenvalue weighted by Crippen LogP contribution is -2.21. The fourth-order valence-electron chi connectivity index (χ4n) is 2.42. The van der Waals surface area contributed by atoms with Crippen LogP contribution in [-0.4, -0.2) is 30.7 Å². The van der Waals surface area contributed by atoms with Crippen LogP contribution in [0.25, 0.3) is 11.0 Å². The molecule has 1 aromatic heterocycles. The predicted molar refractivity (Wildman–Crippen MR) is 86.1 cm³/mol. The van der Waals surface area contributed by atoms with Gasteiger partial charge >= 0.3 is 0 Å². The van der Waals surface area contributed by atoms with E-state index < -0.39 is 0 Å². The molecule has 0 bridgehead atoms. The van der Waals surface area contributed by atoms with Gasteiger partial charge in [-0.25, -0.2) is 4.98 Å². The summed E-state index contributed by atoms with van der Waals surface area (Å²) in [5.41, 5.74) is 3.27. The van der Waals surface area contributed by atoms with Gasteiger partial charge in [0.25, 0.3) is 0 Å². The Labute approximate surface area is 124 Å². The highest BCUT2D eigenvalue weighted by atomic mass is 16.5. The topological polar surface area (TPSA) is 41.1 Å².